The van der Waals surface area contributed by atoms with Gasteiger partial charge in [0.05, 0.1) is 42.3 Å². The zero-order chi connectivity index (χ0) is 25.7. The quantitative estimate of drug-likeness (QED) is 0.467. The van der Waals surface area contributed by atoms with Crippen LogP contribution in [0.5, 0.6) is 11.6 Å². The number of nitrogens with one attached hydrogen (secondary N) is 1. The number of aldehydes is 1. The fourth-order valence-corrected chi connectivity index (χ4v) is 4.42. The van der Waals surface area contributed by atoms with Crippen molar-refractivity contribution in [3.63, 3.8) is 0 Å². The normalized spacial score (nSPS) is 14.5. The van der Waals surface area contributed by atoms with Gasteiger partial charge in [-0.25, -0.2) is 9.37 Å². The lowest BCUT2D eigenvalue weighted by atomic mass is 10.0. The zero-order valence-electron chi connectivity index (χ0n) is 20.0. The van der Waals surface area contributed by atoms with Gasteiger partial charge < -0.3 is 19.7 Å². The van der Waals surface area contributed by atoms with Gasteiger partial charge in [0.1, 0.15) is 5.82 Å². The van der Waals surface area contributed by atoms with Gasteiger partial charge in [0.15, 0.2) is 12.0 Å². The Balaban J connectivity index is 2.01. The Hall–Kier alpha value is -3.34. The molecule has 0 spiro atoms. The minimum atomic E-state index is -1.36. The summed E-state index contributed by atoms with van der Waals surface area (Å²) in [7, 11) is 1.52. The first-order chi connectivity index (χ1) is 16.7. The first kappa shape index (κ1) is 26.3. The monoisotopic (exact) mass is 505 g/mol. The van der Waals surface area contributed by atoms with Gasteiger partial charge in [-0.2, -0.15) is 0 Å². The number of methoxy groups -OCH3 is 1. The topological polar surface area (TPSA) is 115 Å². The van der Waals surface area contributed by atoms with Crippen LogP contribution in [0.25, 0.3) is 0 Å². The maximum Gasteiger partial charge on any atom is 0.257 e. The maximum atomic E-state index is 14.9. The van der Waals surface area contributed by atoms with E-state index in [1.807, 2.05) is 0 Å². The molecule has 188 valence electrons. The number of nitrogens with zero attached hydrogens (tertiary/aromatic N) is 2. The van der Waals surface area contributed by atoms with Crippen molar-refractivity contribution in [2.24, 2.45) is 5.92 Å². The third-order valence-electron chi connectivity index (χ3n) is 5.60. The summed E-state index contributed by atoms with van der Waals surface area (Å²) in [4.78, 5) is 43.2. The molecule has 1 N–H and O–H groups in total. The Kier molecular flexibility index (Phi) is 8.55. The lowest BCUT2D eigenvalue weighted by Crippen LogP contribution is -2.36. The van der Waals surface area contributed by atoms with Gasteiger partial charge in [0.2, 0.25) is 5.91 Å². The van der Waals surface area contributed by atoms with Crippen molar-refractivity contribution >= 4 is 34.6 Å². The highest BCUT2D eigenvalue weighted by atomic mass is 32.2. The van der Waals surface area contributed by atoms with Crippen molar-refractivity contribution in [3.8, 4) is 11.6 Å². The highest BCUT2D eigenvalue weighted by molar-refractivity contribution is 7.84. The van der Waals surface area contributed by atoms with E-state index in [0.717, 1.165) is 18.9 Å². The van der Waals surface area contributed by atoms with E-state index in [1.54, 1.807) is 19.1 Å². The van der Waals surface area contributed by atoms with Crippen molar-refractivity contribution in [1.29, 1.82) is 0 Å². The summed E-state index contributed by atoms with van der Waals surface area (Å²) < 4.78 is 37.8. The summed E-state index contributed by atoms with van der Waals surface area (Å²) >= 11 is 0. The van der Waals surface area contributed by atoms with E-state index in [1.165, 1.54) is 31.4 Å². The molecule has 0 aliphatic heterocycles. The van der Waals surface area contributed by atoms with Crippen molar-refractivity contribution < 1.29 is 32.5 Å². The molecule has 9 nitrogen and oxygen atoms in total. The summed E-state index contributed by atoms with van der Waals surface area (Å²) in [5.74, 6) is -1.58. The van der Waals surface area contributed by atoms with Crippen molar-refractivity contribution in [2.45, 2.75) is 25.8 Å². The first-order valence-electron chi connectivity index (χ1n) is 11.0. The van der Waals surface area contributed by atoms with Gasteiger partial charge >= 0.3 is 0 Å². The van der Waals surface area contributed by atoms with Crippen LogP contribution in [0.1, 0.15) is 52.2 Å². The van der Waals surface area contributed by atoms with Crippen LogP contribution < -0.4 is 14.8 Å². The van der Waals surface area contributed by atoms with Gasteiger partial charge in [-0.3, -0.25) is 18.6 Å². The Bertz CT molecular complexity index is 1150. The molecule has 0 bridgehead atoms. The molecule has 1 aliphatic carbocycles. The molecule has 2 amide bonds. The molecule has 2 unspecified atom stereocenters. The van der Waals surface area contributed by atoms with E-state index in [2.05, 4.69) is 10.3 Å². The summed E-state index contributed by atoms with van der Waals surface area (Å²) in [6.45, 7) is 2.10. The van der Waals surface area contributed by atoms with Crippen LogP contribution in [0.4, 0.5) is 10.1 Å². The molecule has 1 aliphatic rings. The van der Waals surface area contributed by atoms with Crippen LogP contribution in [0.15, 0.2) is 24.3 Å². The number of amides is 2. The number of rotatable bonds is 11. The number of ether oxygens (including phenoxy) is 2. The number of benzene rings is 1. The van der Waals surface area contributed by atoms with Crippen LogP contribution in [0.3, 0.4) is 0 Å². The first-order valence-corrected chi connectivity index (χ1v) is 12.8. The Morgan fingerprint density at radius 1 is 1.31 bits per heavy atom. The third kappa shape index (κ3) is 6.02. The van der Waals surface area contributed by atoms with Crippen molar-refractivity contribution in [3.05, 3.63) is 46.9 Å². The number of aromatic nitrogens is 1. The van der Waals surface area contributed by atoms with Crippen LogP contribution >= 0.6 is 0 Å². The number of carbonyl (C=O) groups is 3. The lowest BCUT2D eigenvalue weighted by molar-refractivity contribution is -0.117. The number of hydrogen-bond donors (Lipinski definition) is 1. The molecule has 35 heavy (non-hydrogen) atoms. The second kappa shape index (κ2) is 11.4. The van der Waals surface area contributed by atoms with E-state index >= 15 is 0 Å². The molecule has 1 saturated carbocycles. The Morgan fingerprint density at radius 2 is 2.03 bits per heavy atom. The van der Waals surface area contributed by atoms with E-state index in [9.17, 15) is 23.0 Å². The summed E-state index contributed by atoms with van der Waals surface area (Å²) in [5.41, 5.74) is -0.329. The zero-order valence-corrected chi connectivity index (χ0v) is 20.8. The van der Waals surface area contributed by atoms with Gasteiger partial charge in [-0.1, -0.05) is 0 Å². The standard InChI is InChI=1S/C24H28FN3O6S/c1-5-34-23-20(33-3)11-10-18(27-23)19(13-35(4)32)28(2)24(31)21-15(12-29)17(9-8-16(21)25)26-22(30)14-6-7-14/h8-12,14,19H,5-7,13H2,1-4H3,(H,26,30). The fourth-order valence-electron chi connectivity index (χ4n) is 3.58. The lowest BCUT2D eigenvalue weighted by Gasteiger charge is -2.28. The molecule has 0 radical (unpaired) electrons. The van der Waals surface area contributed by atoms with Crippen LogP contribution in [0, 0.1) is 11.7 Å². The van der Waals surface area contributed by atoms with Gasteiger partial charge in [0, 0.05) is 35.8 Å². The van der Waals surface area contributed by atoms with Crippen molar-refractivity contribution in [2.75, 3.05) is 38.1 Å². The number of hydrogen-bond acceptors (Lipinski definition) is 7. The average molecular weight is 506 g/mol. The summed E-state index contributed by atoms with van der Waals surface area (Å²) in [6, 6.07) is 4.67. The van der Waals surface area contributed by atoms with Gasteiger partial charge in [-0.05, 0) is 44.0 Å². The van der Waals surface area contributed by atoms with Crippen LogP contribution in [0.2, 0.25) is 0 Å². The second-order valence-electron chi connectivity index (χ2n) is 8.11. The highest BCUT2D eigenvalue weighted by Crippen LogP contribution is 2.33. The fraction of sp³-hybridized carbons (Fsp3) is 0.417. The minimum Gasteiger partial charge on any atom is -0.491 e. The molecule has 1 aromatic carbocycles. The molecule has 1 aromatic heterocycles. The van der Waals surface area contributed by atoms with Crippen LogP contribution in [-0.4, -0.2) is 65.0 Å². The molecule has 11 heteroatoms. The van der Waals surface area contributed by atoms with E-state index in [4.69, 9.17) is 9.47 Å². The Morgan fingerprint density at radius 3 is 2.60 bits per heavy atom. The number of halogens is 1. The summed E-state index contributed by atoms with van der Waals surface area (Å²) in [5, 5.41) is 2.61. The van der Waals surface area contributed by atoms with Gasteiger partial charge in [0.25, 0.3) is 11.8 Å². The van der Waals surface area contributed by atoms with Crippen LogP contribution in [-0.2, 0) is 15.6 Å². The van der Waals surface area contributed by atoms with Crippen molar-refractivity contribution in [1.82, 2.24) is 9.88 Å². The second-order valence-corrected chi connectivity index (χ2v) is 9.59. The molecule has 2 aromatic rings. The largest absolute Gasteiger partial charge is 0.491 e. The smallest absolute Gasteiger partial charge is 0.257 e. The third-order valence-corrected chi connectivity index (χ3v) is 6.39. The summed E-state index contributed by atoms with van der Waals surface area (Å²) in [6.07, 6.45) is 3.31. The molecule has 1 fully saturated rings. The molecule has 1 heterocycles. The molecule has 0 saturated heterocycles. The average Bonchev–Trinajstić information content (AvgIpc) is 3.68. The Labute approximate surface area is 205 Å². The molecule has 3 rings (SSSR count). The van der Waals surface area contributed by atoms with E-state index < -0.39 is 34.1 Å². The maximum absolute atomic E-state index is 14.9. The van der Waals surface area contributed by atoms with E-state index in [0.29, 0.717) is 24.3 Å². The number of anilines is 1. The SMILES string of the molecule is CCOc1nc(C(CS(C)=O)N(C)C(=O)c2c(F)ccc(NC(=O)C3CC3)c2C=O)ccc1OC. The molecular weight excluding hydrogens is 477 g/mol. The molecule has 2 atom stereocenters. The van der Waals surface area contributed by atoms with Gasteiger partial charge in [-0.15, -0.1) is 0 Å². The highest BCUT2D eigenvalue weighted by Gasteiger charge is 2.33. The molecular formula is C24H28FN3O6S. The van der Waals surface area contributed by atoms with E-state index in [-0.39, 0.29) is 34.7 Å². The number of carbonyl (C=O) groups excluding carboxylic acids is 3. The predicted octanol–water partition coefficient (Wildman–Crippen LogP) is 2.98. The number of pyridine rings is 1. The predicted molar refractivity (Wildman–Crippen MR) is 129 cm³/mol. The minimum absolute atomic E-state index is 0.00326.